The normalized spacial score (nSPS) is 38.1. The molecule has 10 atom stereocenters. The van der Waals surface area contributed by atoms with Crippen molar-refractivity contribution in [3.05, 3.63) is 0 Å². The molecule has 2 rings (SSSR count). The van der Waals surface area contributed by atoms with Gasteiger partial charge in [-0.3, -0.25) is 0 Å². The van der Waals surface area contributed by atoms with E-state index >= 15 is 0 Å². The third kappa shape index (κ3) is 9.11. The van der Waals surface area contributed by atoms with Crippen molar-refractivity contribution < 1.29 is 54.7 Å². The molecule has 11 heteroatoms. The Hall–Kier alpha value is -0.440. The summed E-state index contributed by atoms with van der Waals surface area (Å²) in [5.41, 5.74) is 0. The van der Waals surface area contributed by atoms with E-state index in [-0.39, 0.29) is 0 Å². The van der Waals surface area contributed by atoms with Gasteiger partial charge in [-0.25, -0.2) is 0 Å². The lowest BCUT2D eigenvalue weighted by Crippen LogP contribution is -2.64. The number of aliphatic hydroxyl groups is 7. The fourth-order valence-electron chi connectivity index (χ4n) is 4.48. The predicted molar refractivity (Wildman–Crippen MR) is 124 cm³/mol. The van der Waals surface area contributed by atoms with E-state index in [1.54, 1.807) is 0 Å². The Balaban J connectivity index is 1.74. The molecule has 208 valence electrons. The highest BCUT2D eigenvalue weighted by Crippen LogP contribution is 2.29. The Morgan fingerprint density at radius 3 is 1.66 bits per heavy atom. The number of aliphatic hydroxyl groups excluding tert-OH is 7. The summed E-state index contributed by atoms with van der Waals surface area (Å²) in [6, 6.07) is 0. The van der Waals surface area contributed by atoms with E-state index < -0.39 is 74.6 Å². The van der Waals surface area contributed by atoms with Gasteiger partial charge in [-0.15, -0.1) is 0 Å². The van der Waals surface area contributed by atoms with E-state index in [1.807, 2.05) is 0 Å². The molecular formula is C24H46O11. The first-order valence-electron chi connectivity index (χ1n) is 13.1. The molecule has 2 fully saturated rings. The van der Waals surface area contributed by atoms with Gasteiger partial charge >= 0.3 is 0 Å². The quantitative estimate of drug-likeness (QED) is 0.134. The van der Waals surface area contributed by atoms with Crippen LogP contribution in [-0.4, -0.2) is 117 Å². The first-order chi connectivity index (χ1) is 16.8. The molecule has 2 aliphatic rings. The van der Waals surface area contributed by atoms with E-state index in [0.29, 0.717) is 6.61 Å². The summed E-state index contributed by atoms with van der Waals surface area (Å²) in [6.07, 6.45) is -2.63. The van der Waals surface area contributed by atoms with Crippen molar-refractivity contribution in [2.24, 2.45) is 0 Å². The zero-order valence-electron chi connectivity index (χ0n) is 20.7. The molecule has 0 radical (unpaired) electrons. The Morgan fingerprint density at radius 1 is 0.571 bits per heavy atom. The number of hydrogen-bond donors (Lipinski definition) is 7. The molecule has 0 aromatic rings. The van der Waals surface area contributed by atoms with Gasteiger partial charge in [0.05, 0.1) is 13.2 Å². The van der Waals surface area contributed by atoms with Crippen molar-refractivity contribution in [3.8, 4) is 0 Å². The zero-order chi connectivity index (χ0) is 25.8. The molecule has 2 saturated heterocycles. The standard InChI is InChI=1S/C24H46O11/c1-2-3-4-5-6-7-8-9-10-11-12-32-23-21(31)19(29)22(16(14-26)34-23)35-24-20(30)18(28)17(27)15(13-25)33-24/h15-31H,2-14H2,1H3/t15?,16?,17-,18+,19-,20?,21?,22-,23-,24-/m1/s1. The van der Waals surface area contributed by atoms with Crippen molar-refractivity contribution in [1.82, 2.24) is 0 Å². The van der Waals surface area contributed by atoms with Gasteiger partial charge in [0.25, 0.3) is 0 Å². The average molecular weight is 511 g/mol. The molecule has 7 N–H and O–H groups in total. The smallest absolute Gasteiger partial charge is 0.187 e. The maximum Gasteiger partial charge on any atom is 0.187 e. The van der Waals surface area contributed by atoms with Gasteiger partial charge in [-0.1, -0.05) is 64.7 Å². The summed E-state index contributed by atoms with van der Waals surface area (Å²) in [6.45, 7) is 1.31. The van der Waals surface area contributed by atoms with Crippen LogP contribution in [0.5, 0.6) is 0 Å². The van der Waals surface area contributed by atoms with Crippen molar-refractivity contribution >= 4 is 0 Å². The van der Waals surface area contributed by atoms with Crippen LogP contribution in [0.25, 0.3) is 0 Å². The lowest BCUT2D eigenvalue weighted by molar-refractivity contribution is -0.359. The molecule has 0 aromatic heterocycles. The minimum absolute atomic E-state index is 0.321. The molecule has 0 amide bonds. The maximum atomic E-state index is 10.6. The first kappa shape index (κ1) is 30.8. The number of hydrogen-bond acceptors (Lipinski definition) is 11. The van der Waals surface area contributed by atoms with E-state index in [1.165, 1.54) is 44.9 Å². The van der Waals surface area contributed by atoms with Crippen LogP contribution < -0.4 is 0 Å². The van der Waals surface area contributed by atoms with E-state index in [2.05, 4.69) is 6.92 Å². The van der Waals surface area contributed by atoms with E-state index in [4.69, 9.17) is 18.9 Å². The molecule has 0 aliphatic carbocycles. The maximum absolute atomic E-state index is 10.6. The third-order valence-electron chi connectivity index (χ3n) is 6.74. The summed E-state index contributed by atoms with van der Waals surface area (Å²) >= 11 is 0. The Bertz CT molecular complexity index is 550. The molecule has 0 saturated carbocycles. The van der Waals surface area contributed by atoms with Crippen LogP contribution in [0.2, 0.25) is 0 Å². The van der Waals surface area contributed by atoms with Crippen LogP contribution in [0, 0.1) is 0 Å². The lowest BCUT2D eigenvalue weighted by atomic mass is 9.97. The van der Waals surface area contributed by atoms with Gasteiger partial charge in [0, 0.05) is 6.61 Å². The van der Waals surface area contributed by atoms with Gasteiger partial charge in [-0.2, -0.15) is 0 Å². The average Bonchev–Trinajstić information content (AvgIpc) is 2.86. The largest absolute Gasteiger partial charge is 0.394 e. The van der Waals surface area contributed by atoms with Crippen molar-refractivity contribution in [2.45, 2.75) is 133 Å². The molecule has 11 nitrogen and oxygen atoms in total. The van der Waals surface area contributed by atoms with Crippen LogP contribution in [0.1, 0.15) is 71.1 Å². The Kier molecular flexibility index (Phi) is 14.4. The topological polar surface area (TPSA) is 179 Å². The minimum atomic E-state index is -1.69. The van der Waals surface area contributed by atoms with Gasteiger partial charge in [-0.05, 0) is 6.42 Å². The van der Waals surface area contributed by atoms with Gasteiger partial charge in [0.15, 0.2) is 12.6 Å². The van der Waals surface area contributed by atoms with Crippen LogP contribution in [0.3, 0.4) is 0 Å². The SMILES string of the molecule is CCCCCCCCCCCCO[C@@H]1OC(CO)[C@@H](O[C@H]2OC(CO)[C@@H](O)[C@H](O)C2O)[C@H](O)C1O. The Morgan fingerprint density at radius 2 is 1.09 bits per heavy atom. The van der Waals surface area contributed by atoms with Crippen molar-refractivity contribution in [1.29, 1.82) is 0 Å². The lowest BCUT2D eigenvalue weighted by Gasteiger charge is -2.45. The second-order valence-electron chi connectivity index (χ2n) is 9.56. The highest BCUT2D eigenvalue weighted by Gasteiger charge is 2.50. The van der Waals surface area contributed by atoms with Gasteiger partial charge < -0.3 is 54.7 Å². The molecule has 2 heterocycles. The number of ether oxygens (including phenoxy) is 4. The highest BCUT2D eigenvalue weighted by atomic mass is 16.7. The second-order valence-corrected chi connectivity index (χ2v) is 9.56. The van der Waals surface area contributed by atoms with Crippen molar-refractivity contribution in [2.75, 3.05) is 19.8 Å². The predicted octanol–water partition coefficient (Wildman–Crippen LogP) is -0.452. The zero-order valence-corrected chi connectivity index (χ0v) is 20.7. The molecule has 0 spiro atoms. The first-order valence-corrected chi connectivity index (χ1v) is 13.1. The summed E-state index contributed by atoms with van der Waals surface area (Å²) < 4.78 is 22.0. The van der Waals surface area contributed by atoms with Crippen LogP contribution in [0.4, 0.5) is 0 Å². The second kappa shape index (κ2) is 16.4. The fourth-order valence-corrected chi connectivity index (χ4v) is 4.48. The van der Waals surface area contributed by atoms with Crippen LogP contribution >= 0.6 is 0 Å². The molecule has 0 bridgehead atoms. The van der Waals surface area contributed by atoms with Gasteiger partial charge in [0.2, 0.25) is 0 Å². The molecule has 35 heavy (non-hydrogen) atoms. The number of unbranched alkanes of at least 4 members (excludes halogenated alkanes) is 9. The van der Waals surface area contributed by atoms with Crippen LogP contribution in [0.15, 0.2) is 0 Å². The monoisotopic (exact) mass is 510 g/mol. The van der Waals surface area contributed by atoms with Crippen LogP contribution in [-0.2, 0) is 18.9 Å². The van der Waals surface area contributed by atoms with Gasteiger partial charge in [0.1, 0.15) is 48.8 Å². The fraction of sp³-hybridized carbons (Fsp3) is 1.00. The van der Waals surface area contributed by atoms with E-state index in [0.717, 1.165) is 19.3 Å². The minimum Gasteiger partial charge on any atom is -0.394 e. The number of rotatable bonds is 16. The molecule has 0 aromatic carbocycles. The Labute approximate surface area is 207 Å². The third-order valence-corrected chi connectivity index (χ3v) is 6.74. The summed E-state index contributed by atoms with van der Waals surface area (Å²) in [7, 11) is 0. The summed E-state index contributed by atoms with van der Waals surface area (Å²) in [5, 5.41) is 70.1. The summed E-state index contributed by atoms with van der Waals surface area (Å²) in [4.78, 5) is 0. The molecule has 4 unspecified atom stereocenters. The van der Waals surface area contributed by atoms with E-state index in [9.17, 15) is 35.7 Å². The highest BCUT2D eigenvalue weighted by molar-refractivity contribution is 4.94. The molecule has 2 aliphatic heterocycles. The summed E-state index contributed by atoms with van der Waals surface area (Å²) in [5.74, 6) is 0. The molecular weight excluding hydrogens is 464 g/mol. The van der Waals surface area contributed by atoms with Crippen molar-refractivity contribution in [3.63, 3.8) is 0 Å².